The highest BCUT2D eigenvalue weighted by molar-refractivity contribution is 5.97. The van der Waals surface area contributed by atoms with Gasteiger partial charge in [0.05, 0.1) is 13.2 Å². The van der Waals surface area contributed by atoms with Crippen LogP contribution in [-0.4, -0.2) is 36.8 Å². The Kier molecular flexibility index (Phi) is 4.13. The Balaban J connectivity index is 1.59. The molecule has 1 aromatic heterocycles. The maximum absolute atomic E-state index is 12.1. The van der Waals surface area contributed by atoms with Crippen molar-refractivity contribution in [2.24, 2.45) is 0 Å². The normalized spacial score (nSPS) is 17.2. The number of ether oxygens (including phenoxy) is 1. The van der Waals surface area contributed by atoms with Crippen LogP contribution in [0.2, 0.25) is 0 Å². The summed E-state index contributed by atoms with van der Waals surface area (Å²) in [5.74, 6) is 1.00. The molecule has 2 aromatic rings. The number of nitrogens with zero attached hydrogens (tertiary/aromatic N) is 2. The Hall–Kier alpha value is -3.03. The molecule has 0 radical (unpaired) electrons. The van der Waals surface area contributed by atoms with Crippen LogP contribution in [0.15, 0.2) is 41.1 Å². The van der Waals surface area contributed by atoms with Crippen molar-refractivity contribution in [3.8, 4) is 5.75 Å². The Morgan fingerprint density at radius 2 is 2.13 bits per heavy atom. The van der Waals surface area contributed by atoms with Gasteiger partial charge in [-0.1, -0.05) is 5.16 Å². The molecule has 0 spiro atoms. The Bertz CT molecular complexity index is 684. The second-order valence-electron chi connectivity index (χ2n) is 5.09. The van der Waals surface area contributed by atoms with Crippen LogP contribution < -0.4 is 20.3 Å². The van der Waals surface area contributed by atoms with Crippen LogP contribution in [0, 0.1) is 0 Å². The third-order valence-electron chi connectivity index (χ3n) is 3.52. The summed E-state index contributed by atoms with van der Waals surface area (Å²) in [5.41, 5.74) is 0.775. The van der Waals surface area contributed by atoms with Crippen LogP contribution >= 0.6 is 0 Å². The zero-order valence-electron chi connectivity index (χ0n) is 12.5. The van der Waals surface area contributed by atoms with Crippen molar-refractivity contribution in [3.05, 3.63) is 36.6 Å². The van der Waals surface area contributed by atoms with Gasteiger partial charge in [0.2, 0.25) is 5.91 Å². The van der Waals surface area contributed by atoms with E-state index in [9.17, 15) is 9.59 Å². The molecule has 0 aliphatic carbocycles. The minimum atomic E-state index is -0.423. The summed E-state index contributed by atoms with van der Waals surface area (Å²) < 4.78 is 9.73. The number of amides is 3. The molecule has 1 aliphatic heterocycles. The summed E-state index contributed by atoms with van der Waals surface area (Å²) >= 11 is 0. The van der Waals surface area contributed by atoms with Gasteiger partial charge in [-0.2, -0.15) is 0 Å². The number of hydrogen-bond acceptors (Lipinski definition) is 5. The van der Waals surface area contributed by atoms with Crippen LogP contribution in [0.4, 0.5) is 16.3 Å². The Labute approximate surface area is 132 Å². The number of carbonyl (C=O) groups is 2. The van der Waals surface area contributed by atoms with Crippen molar-refractivity contribution in [1.82, 2.24) is 10.5 Å². The SMILES string of the molecule is COc1ccc(N2C[C@@H](NC(=O)Nc3ccon3)CC2=O)cc1. The van der Waals surface area contributed by atoms with E-state index in [1.165, 1.54) is 12.3 Å². The van der Waals surface area contributed by atoms with E-state index >= 15 is 0 Å². The molecule has 1 fully saturated rings. The molecule has 8 heteroatoms. The number of nitrogens with one attached hydrogen (secondary N) is 2. The average Bonchev–Trinajstić information content (AvgIpc) is 3.17. The van der Waals surface area contributed by atoms with Crippen molar-refractivity contribution >= 4 is 23.4 Å². The Morgan fingerprint density at radius 1 is 1.35 bits per heavy atom. The van der Waals surface area contributed by atoms with Crippen molar-refractivity contribution < 1.29 is 18.8 Å². The number of urea groups is 1. The molecule has 1 atom stereocenters. The van der Waals surface area contributed by atoms with Crippen LogP contribution in [0.5, 0.6) is 5.75 Å². The molecular weight excluding hydrogens is 300 g/mol. The monoisotopic (exact) mass is 316 g/mol. The van der Waals surface area contributed by atoms with Crippen molar-refractivity contribution in [2.75, 3.05) is 23.9 Å². The molecule has 1 saturated heterocycles. The topological polar surface area (TPSA) is 96.7 Å². The lowest BCUT2D eigenvalue weighted by atomic mass is 10.2. The molecule has 0 saturated carbocycles. The van der Waals surface area contributed by atoms with Gasteiger partial charge in [0.25, 0.3) is 0 Å². The summed E-state index contributed by atoms with van der Waals surface area (Å²) in [6.45, 7) is 0.414. The van der Waals surface area contributed by atoms with E-state index in [1.54, 1.807) is 24.1 Å². The fraction of sp³-hybridized carbons (Fsp3) is 0.267. The molecule has 1 aliphatic rings. The van der Waals surface area contributed by atoms with Crippen LogP contribution in [0.25, 0.3) is 0 Å². The molecule has 23 heavy (non-hydrogen) atoms. The van der Waals surface area contributed by atoms with E-state index in [2.05, 4.69) is 20.3 Å². The molecule has 1 aromatic carbocycles. The van der Waals surface area contributed by atoms with Gasteiger partial charge in [0.1, 0.15) is 12.0 Å². The molecule has 0 bridgehead atoms. The van der Waals surface area contributed by atoms with E-state index in [0.29, 0.717) is 12.4 Å². The Morgan fingerprint density at radius 3 is 2.78 bits per heavy atom. The van der Waals surface area contributed by atoms with Gasteiger partial charge in [-0.15, -0.1) is 0 Å². The standard InChI is InChI=1S/C15H16N4O4/c1-22-12-4-2-11(3-5-12)19-9-10(8-14(19)20)16-15(21)17-13-6-7-23-18-13/h2-7,10H,8-9H2,1H3,(H2,16,17,18,21)/t10-/m0/s1. The molecule has 120 valence electrons. The first-order valence-electron chi connectivity index (χ1n) is 7.08. The highest BCUT2D eigenvalue weighted by Gasteiger charge is 2.31. The fourth-order valence-electron chi connectivity index (χ4n) is 2.43. The summed E-state index contributed by atoms with van der Waals surface area (Å²) in [7, 11) is 1.59. The minimum Gasteiger partial charge on any atom is -0.497 e. The lowest BCUT2D eigenvalue weighted by Gasteiger charge is -2.17. The average molecular weight is 316 g/mol. The second kappa shape index (κ2) is 6.39. The number of benzene rings is 1. The maximum atomic E-state index is 12.1. The predicted molar refractivity (Wildman–Crippen MR) is 82.4 cm³/mol. The quantitative estimate of drug-likeness (QED) is 0.893. The number of hydrogen-bond donors (Lipinski definition) is 2. The highest BCUT2D eigenvalue weighted by atomic mass is 16.5. The predicted octanol–water partition coefficient (Wildman–Crippen LogP) is 1.61. The smallest absolute Gasteiger partial charge is 0.320 e. The summed E-state index contributed by atoms with van der Waals surface area (Å²) in [6.07, 6.45) is 1.61. The number of anilines is 2. The number of aromatic nitrogens is 1. The molecule has 0 unspecified atom stereocenters. The third-order valence-corrected chi connectivity index (χ3v) is 3.52. The molecule has 3 amide bonds. The van der Waals surface area contributed by atoms with Gasteiger partial charge in [0, 0.05) is 24.7 Å². The first-order chi connectivity index (χ1) is 11.2. The van der Waals surface area contributed by atoms with E-state index in [0.717, 1.165) is 11.4 Å². The minimum absolute atomic E-state index is 0.0399. The van der Waals surface area contributed by atoms with E-state index in [4.69, 9.17) is 4.74 Å². The third kappa shape index (κ3) is 3.42. The largest absolute Gasteiger partial charge is 0.497 e. The number of rotatable bonds is 4. The lowest BCUT2D eigenvalue weighted by Crippen LogP contribution is -2.39. The van der Waals surface area contributed by atoms with Gasteiger partial charge in [0.15, 0.2) is 5.82 Å². The molecule has 8 nitrogen and oxygen atoms in total. The zero-order valence-corrected chi connectivity index (χ0v) is 12.5. The first-order valence-corrected chi connectivity index (χ1v) is 7.08. The van der Waals surface area contributed by atoms with Gasteiger partial charge < -0.3 is 19.5 Å². The zero-order chi connectivity index (χ0) is 16.2. The van der Waals surface area contributed by atoms with Gasteiger partial charge in [-0.05, 0) is 24.3 Å². The van der Waals surface area contributed by atoms with Crippen LogP contribution in [-0.2, 0) is 4.79 Å². The summed E-state index contributed by atoms with van der Waals surface area (Å²) in [4.78, 5) is 25.6. The molecule has 2 N–H and O–H groups in total. The van der Waals surface area contributed by atoms with Crippen LogP contribution in [0.3, 0.4) is 0 Å². The van der Waals surface area contributed by atoms with Crippen LogP contribution in [0.1, 0.15) is 6.42 Å². The number of methoxy groups -OCH3 is 1. The van der Waals surface area contributed by atoms with Crippen molar-refractivity contribution in [1.29, 1.82) is 0 Å². The van der Waals surface area contributed by atoms with Crippen molar-refractivity contribution in [3.63, 3.8) is 0 Å². The maximum Gasteiger partial charge on any atom is 0.320 e. The summed E-state index contributed by atoms with van der Waals surface area (Å²) in [5, 5.41) is 8.87. The van der Waals surface area contributed by atoms with Gasteiger partial charge >= 0.3 is 6.03 Å². The number of carbonyl (C=O) groups excluding carboxylic acids is 2. The van der Waals surface area contributed by atoms with Gasteiger partial charge in [-0.3, -0.25) is 10.1 Å². The van der Waals surface area contributed by atoms with E-state index in [1.807, 2.05) is 12.1 Å². The van der Waals surface area contributed by atoms with Crippen molar-refractivity contribution in [2.45, 2.75) is 12.5 Å². The lowest BCUT2D eigenvalue weighted by molar-refractivity contribution is -0.117. The second-order valence-corrected chi connectivity index (χ2v) is 5.09. The molecular formula is C15H16N4O4. The first kappa shape index (κ1) is 14.9. The molecule has 2 heterocycles. The van der Waals surface area contributed by atoms with E-state index < -0.39 is 6.03 Å². The fourth-order valence-corrected chi connectivity index (χ4v) is 2.43. The molecule has 3 rings (SSSR count). The van der Waals surface area contributed by atoms with E-state index in [-0.39, 0.29) is 18.4 Å². The highest BCUT2D eigenvalue weighted by Crippen LogP contribution is 2.24. The van der Waals surface area contributed by atoms with Gasteiger partial charge in [-0.25, -0.2) is 4.79 Å². The summed E-state index contributed by atoms with van der Waals surface area (Å²) in [6, 6.07) is 8.05.